The van der Waals surface area contributed by atoms with Crippen molar-refractivity contribution in [1.29, 1.82) is 0 Å². The highest BCUT2D eigenvalue weighted by molar-refractivity contribution is 5.88. The van der Waals surface area contributed by atoms with Crippen molar-refractivity contribution in [3.8, 4) is 5.75 Å². The Morgan fingerprint density at radius 2 is 1.93 bits per heavy atom. The molecule has 0 bridgehead atoms. The maximum Gasteiger partial charge on any atom is 0.130 e. The number of ether oxygens (including phenoxy) is 2. The van der Waals surface area contributed by atoms with Gasteiger partial charge in [-0.2, -0.15) is 5.10 Å². The molecule has 1 unspecified atom stereocenters. The summed E-state index contributed by atoms with van der Waals surface area (Å²) >= 11 is 0. The van der Waals surface area contributed by atoms with Gasteiger partial charge in [-0.25, -0.2) is 0 Å². The summed E-state index contributed by atoms with van der Waals surface area (Å²) in [6.45, 7) is 7.30. The van der Waals surface area contributed by atoms with Crippen LogP contribution in [0.2, 0.25) is 0 Å². The summed E-state index contributed by atoms with van der Waals surface area (Å²) in [4.78, 5) is 0. The maximum atomic E-state index is 6.43. The Labute approximate surface area is 173 Å². The first kappa shape index (κ1) is 19.3. The lowest BCUT2D eigenvalue weighted by molar-refractivity contribution is -0.0361. The third-order valence-corrected chi connectivity index (χ3v) is 6.83. The minimum Gasteiger partial charge on any atom is -0.490 e. The molecule has 6 nitrogen and oxygen atoms in total. The van der Waals surface area contributed by atoms with E-state index in [1.165, 1.54) is 23.7 Å². The zero-order valence-corrected chi connectivity index (χ0v) is 17.5. The first-order valence-corrected chi connectivity index (χ1v) is 11.5. The Kier molecular flexibility index (Phi) is 5.75. The largest absolute Gasteiger partial charge is 0.490 e. The predicted octanol–water partition coefficient (Wildman–Crippen LogP) is 3.20. The number of fused-ring (bicyclic) bond motifs is 1. The second-order valence-electron chi connectivity index (χ2n) is 9.04. The van der Waals surface area contributed by atoms with Gasteiger partial charge in [-0.3, -0.25) is 4.68 Å². The van der Waals surface area contributed by atoms with Gasteiger partial charge in [0.25, 0.3) is 0 Å². The van der Waals surface area contributed by atoms with Crippen molar-refractivity contribution in [1.82, 2.24) is 20.4 Å². The van der Waals surface area contributed by atoms with E-state index in [2.05, 4.69) is 40.4 Å². The van der Waals surface area contributed by atoms with E-state index in [1.54, 1.807) is 0 Å². The Bertz CT molecular complexity index is 818. The molecule has 1 aromatic carbocycles. The normalized spacial score (nSPS) is 28.4. The lowest BCUT2D eigenvalue weighted by Crippen LogP contribution is -2.39. The molecule has 1 aromatic heterocycles. The fourth-order valence-electron chi connectivity index (χ4n) is 5.08. The number of hydrogen-bond donors (Lipinski definition) is 2. The summed E-state index contributed by atoms with van der Waals surface area (Å²) in [7, 11) is 0. The number of aryl methyl sites for hydroxylation is 1. The molecule has 0 radical (unpaired) electrons. The number of nitrogens with one attached hydrogen (secondary N) is 2. The second kappa shape index (κ2) is 8.62. The highest BCUT2D eigenvalue weighted by Gasteiger charge is 2.32. The van der Waals surface area contributed by atoms with E-state index in [1.807, 2.05) is 0 Å². The summed E-state index contributed by atoms with van der Waals surface area (Å²) < 4.78 is 14.8. The van der Waals surface area contributed by atoms with Gasteiger partial charge in [0, 0.05) is 6.54 Å². The predicted molar refractivity (Wildman–Crippen MR) is 115 cm³/mol. The topological polar surface area (TPSA) is 60.3 Å². The Hall–Kier alpha value is -1.63. The van der Waals surface area contributed by atoms with Crippen LogP contribution in [0.15, 0.2) is 18.2 Å². The molecule has 1 aliphatic carbocycles. The van der Waals surface area contributed by atoms with Crippen LogP contribution < -0.4 is 15.4 Å². The van der Waals surface area contributed by atoms with Crippen LogP contribution in [0.3, 0.4) is 0 Å². The van der Waals surface area contributed by atoms with Crippen molar-refractivity contribution < 1.29 is 9.47 Å². The monoisotopic (exact) mass is 398 g/mol. The van der Waals surface area contributed by atoms with Gasteiger partial charge in [-0.1, -0.05) is 6.07 Å². The molecule has 6 heteroatoms. The Morgan fingerprint density at radius 3 is 2.72 bits per heavy atom. The standard InChI is InChI=1S/C23H34N4O2/c1-16-23-21(27(26-16)18-4-3-9-25-14-18)5-2-6-22(23)29-20-12-17(13-20)15-28-19-7-10-24-11-8-19/h2,5-6,17-20,24-25H,3-4,7-15H2,1H3. The number of benzene rings is 1. The van der Waals surface area contributed by atoms with E-state index in [9.17, 15) is 0 Å². The summed E-state index contributed by atoms with van der Waals surface area (Å²) in [5.74, 6) is 1.64. The first-order chi connectivity index (χ1) is 14.3. The van der Waals surface area contributed by atoms with Crippen LogP contribution in [0.5, 0.6) is 5.75 Å². The molecule has 29 heavy (non-hydrogen) atoms. The minimum absolute atomic E-state index is 0.307. The van der Waals surface area contributed by atoms with E-state index >= 15 is 0 Å². The van der Waals surface area contributed by atoms with Gasteiger partial charge in [-0.15, -0.1) is 0 Å². The third-order valence-electron chi connectivity index (χ3n) is 6.83. The van der Waals surface area contributed by atoms with E-state index in [0.717, 1.165) is 69.9 Å². The number of nitrogens with zero attached hydrogens (tertiary/aromatic N) is 2. The molecule has 3 heterocycles. The summed E-state index contributed by atoms with van der Waals surface area (Å²) in [5.41, 5.74) is 2.28. The molecule has 0 amide bonds. The van der Waals surface area contributed by atoms with Crippen LogP contribution in [-0.2, 0) is 4.74 Å². The number of hydrogen-bond acceptors (Lipinski definition) is 5. The molecule has 1 atom stereocenters. The summed E-state index contributed by atoms with van der Waals surface area (Å²) in [6.07, 6.45) is 7.65. The molecular formula is C23H34N4O2. The molecule has 158 valence electrons. The fourth-order valence-corrected chi connectivity index (χ4v) is 5.08. The zero-order valence-electron chi connectivity index (χ0n) is 17.5. The lowest BCUT2D eigenvalue weighted by Gasteiger charge is -2.36. The number of piperidine rings is 2. The van der Waals surface area contributed by atoms with Gasteiger partial charge in [-0.05, 0) is 83.1 Å². The number of aromatic nitrogens is 2. The zero-order chi connectivity index (χ0) is 19.6. The van der Waals surface area contributed by atoms with Crippen molar-refractivity contribution >= 4 is 10.9 Å². The van der Waals surface area contributed by atoms with Gasteiger partial charge in [0.15, 0.2) is 0 Å². The third kappa shape index (κ3) is 4.16. The van der Waals surface area contributed by atoms with Gasteiger partial charge < -0.3 is 20.1 Å². The average molecular weight is 399 g/mol. The molecule has 3 fully saturated rings. The van der Waals surface area contributed by atoms with Gasteiger partial charge in [0.1, 0.15) is 5.75 Å². The molecule has 0 spiro atoms. The van der Waals surface area contributed by atoms with Crippen LogP contribution in [0, 0.1) is 12.8 Å². The van der Waals surface area contributed by atoms with Crippen LogP contribution in [0.4, 0.5) is 0 Å². The Balaban J connectivity index is 1.21. The molecular weight excluding hydrogens is 364 g/mol. The lowest BCUT2D eigenvalue weighted by atomic mass is 9.83. The molecule has 1 saturated carbocycles. The van der Waals surface area contributed by atoms with Crippen LogP contribution in [0.25, 0.3) is 10.9 Å². The van der Waals surface area contributed by atoms with Crippen molar-refractivity contribution in [2.75, 3.05) is 32.8 Å². The van der Waals surface area contributed by atoms with Gasteiger partial charge in [0.05, 0.1) is 41.5 Å². The van der Waals surface area contributed by atoms with Crippen molar-refractivity contribution in [3.63, 3.8) is 0 Å². The number of rotatable bonds is 6. The summed E-state index contributed by atoms with van der Waals surface area (Å²) in [5, 5.41) is 13.0. The Morgan fingerprint density at radius 1 is 1.07 bits per heavy atom. The molecule has 2 N–H and O–H groups in total. The molecule has 5 rings (SSSR count). The van der Waals surface area contributed by atoms with E-state index < -0.39 is 0 Å². The van der Waals surface area contributed by atoms with Gasteiger partial charge in [0.2, 0.25) is 0 Å². The van der Waals surface area contributed by atoms with Crippen LogP contribution in [-0.4, -0.2) is 54.8 Å². The molecule has 3 aliphatic rings. The van der Waals surface area contributed by atoms with Gasteiger partial charge >= 0.3 is 0 Å². The second-order valence-corrected chi connectivity index (χ2v) is 9.04. The highest BCUT2D eigenvalue weighted by Crippen LogP contribution is 2.37. The molecule has 2 saturated heterocycles. The van der Waals surface area contributed by atoms with E-state index in [0.29, 0.717) is 24.2 Å². The van der Waals surface area contributed by atoms with E-state index in [4.69, 9.17) is 14.6 Å². The van der Waals surface area contributed by atoms with Crippen LogP contribution >= 0.6 is 0 Å². The fraction of sp³-hybridized carbons (Fsp3) is 0.696. The van der Waals surface area contributed by atoms with E-state index in [-0.39, 0.29) is 0 Å². The van der Waals surface area contributed by atoms with Crippen LogP contribution in [0.1, 0.15) is 50.3 Å². The maximum absolute atomic E-state index is 6.43. The SMILES string of the molecule is Cc1nn(C2CCCNC2)c2cccc(OC3CC(COC4CCNCC4)C3)c12. The minimum atomic E-state index is 0.307. The van der Waals surface area contributed by atoms with Crippen molar-refractivity contribution in [2.45, 2.75) is 63.7 Å². The van der Waals surface area contributed by atoms with Crippen molar-refractivity contribution in [3.05, 3.63) is 23.9 Å². The van der Waals surface area contributed by atoms with Crippen molar-refractivity contribution in [2.24, 2.45) is 5.92 Å². The molecule has 2 aliphatic heterocycles. The smallest absolute Gasteiger partial charge is 0.130 e. The average Bonchev–Trinajstić information content (AvgIpc) is 3.08. The quantitative estimate of drug-likeness (QED) is 0.783. The highest BCUT2D eigenvalue weighted by atomic mass is 16.5. The molecule has 2 aromatic rings. The first-order valence-electron chi connectivity index (χ1n) is 11.5. The summed E-state index contributed by atoms with van der Waals surface area (Å²) in [6, 6.07) is 6.85.